The highest BCUT2D eigenvalue weighted by Crippen LogP contribution is 2.42. The molecule has 2 aromatic rings. The highest BCUT2D eigenvalue weighted by molar-refractivity contribution is 5.85. The SMILES string of the molecule is C=C(C)C(=O)O.C=C(C)C(=O)O.CC(C)(C)c1cc(Cc2cc(C(C)(C)C)cc(C(C)(C)C)c2O)c(O)c(C(C)(C)C)c1. The van der Waals surface area contributed by atoms with Crippen molar-refractivity contribution in [2.75, 3.05) is 0 Å². The van der Waals surface area contributed by atoms with Gasteiger partial charge in [0.25, 0.3) is 0 Å². The average molecular weight is 597 g/mol. The second-order valence-electron chi connectivity index (χ2n) is 15.4. The second-order valence-corrected chi connectivity index (χ2v) is 15.4. The lowest BCUT2D eigenvalue weighted by Gasteiger charge is -2.29. The van der Waals surface area contributed by atoms with Gasteiger partial charge in [-0.05, 0) is 68.9 Å². The lowest BCUT2D eigenvalue weighted by atomic mass is 9.76. The third-order valence-electron chi connectivity index (χ3n) is 6.84. The van der Waals surface area contributed by atoms with E-state index < -0.39 is 11.9 Å². The third-order valence-corrected chi connectivity index (χ3v) is 6.84. The molecule has 0 heterocycles. The van der Waals surface area contributed by atoms with Gasteiger partial charge in [-0.2, -0.15) is 0 Å². The van der Waals surface area contributed by atoms with Crippen LogP contribution in [0, 0.1) is 0 Å². The summed E-state index contributed by atoms with van der Waals surface area (Å²) >= 11 is 0. The monoisotopic (exact) mass is 596 g/mol. The summed E-state index contributed by atoms with van der Waals surface area (Å²) in [6, 6.07) is 8.52. The zero-order valence-corrected chi connectivity index (χ0v) is 29.0. The smallest absolute Gasteiger partial charge is 0.330 e. The predicted octanol–water partition coefficient (Wildman–Crippen LogP) is 9.17. The number of carbonyl (C=O) groups is 2. The first-order valence-electron chi connectivity index (χ1n) is 14.5. The zero-order chi connectivity index (χ0) is 34.5. The van der Waals surface area contributed by atoms with Gasteiger partial charge in [-0.25, -0.2) is 9.59 Å². The molecule has 0 bridgehead atoms. The molecule has 0 aliphatic rings. The molecule has 2 aromatic carbocycles. The molecule has 0 saturated carbocycles. The quantitative estimate of drug-likeness (QED) is 0.262. The lowest BCUT2D eigenvalue weighted by Crippen LogP contribution is -2.18. The Balaban J connectivity index is 0.00000123. The molecular weight excluding hydrogens is 540 g/mol. The molecule has 4 N–H and O–H groups in total. The van der Waals surface area contributed by atoms with Gasteiger partial charge < -0.3 is 20.4 Å². The summed E-state index contributed by atoms with van der Waals surface area (Å²) < 4.78 is 0. The van der Waals surface area contributed by atoms with Crippen LogP contribution in [0.5, 0.6) is 11.5 Å². The van der Waals surface area contributed by atoms with Crippen molar-refractivity contribution in [2.24, 2.45) is 0 Å². The Morgan fingerprint density at radius 3 is 0.953 bits per heavy atom. The van der Waals surface area contributed by atoms with E-state index in [-0.39, 0.29) is 32.8 Å². The van der Waals surface area contributed by atoms with Crippen LogP contribution >= 0.6 is 0 Å². The predicted molar refractivity (Wildman–Crippen MR) is 179 cm³/mol. The summed E-state index contributed by atoms with van der Waals surface area (Å²) in [4.78, 5) is 19.2. The lowest BCUT2D eigenvalue weighted by molar-refractivity contribution is -0.133. The van der Waals surface area contributed by atoms with E-state index in [1.165, 1.54) is 25.0 Å². The van der Waals surface area contributed by atoms with E-state index in [0.717, 1.165) is 22.3 Å². The molecule has 6 heteroatoms. The number of benzene rings is 2. The van der Waals surface area contributed by atoms with Gasteiger partial charge in [-0.3, -0.25) is 0 Å². The van der Waals surface area contributed by atoms with Gasteiger partial charge >= 0.3 is 11.9 Å². The van der Waals surface area contributed by atoms with E-state index in [9.17, 15) is 19.8 Å². The first-order chi connectivity index (χ1) is 19.0. The van der Waals surface area contributed by atoms with E-state index in [1.54, 1.807) is 0 Å². The topological polar surface area (TPSA) is 115 Å². The third kappa shape index (κ3) is 12.3. The molecule has 0 unspecified atom stereocenters. The first kappa shape index (κ1) is 39.5. The van der Waals surface area contributed by atoms with Crippen LogP contribution in [0.1, 0.15) is 130 Å². The van der Waals surface area contributed by atoms with Crippen LogP contribution in [0.15, 0.2) is 48.6 Å². The molecule has 0 fully saturated rings. The van der Waals surface area contributed by atoms with E-state index in [1.807, 2.05) is 0 Å². The van der Waals surface area contributed by atoms with E-state index in [0.29, 0.717) is 17.9 Å². The number of carboxylic acid groups (broad SMARTS) is 2. The standard InChI is InChI=1S/C29H44O2.2C4H6O2/c1-26(2,3)20-14-18(24(30)22(16-20)28(7,8)9)13-19-15-21(27(4,5)6)17-23(25(19)31)29(10,11)12;2*1-3(2)4(5)6/h14-17,30-31H,13H2,1-12H3;2*1H2,2H3,(H,5,6). The molecule has 0 amide bonds. The van der Waals surface area contributed by atoms with E-state index in [4.69, 9.17) is 10.2 Å². The Bertz CT molecular complexity index is 1210. The van der Waals surface area contributed by atoms with Crippen molar-refractivity contribution in [3.05, 3.63) is 82.0 Å². The molecule has 0 radical (unpaired) electrons. The van der Waals surface area contributed by atoms with Crippen molar-refractivity contribution < 1.29 is 30.0 Å². The van der Waals surface area contributed by atoms with E-state index in [2.05, 4.69) is 121 Å². The second kappa shape index (κ2) is 14.3. The largest absolute Gasteiger partial charge is 0.507 e. The molecule has 240 valence electrons. The van der Waals surface area contributed by atoms with Crippen LogP contribution in [0.2, 0.25) is 0 Å². The Kier molecular flexibility index (Phi) is 13.1. The minimum atomic E-state index is -0.935. The molecule has 0 aromatic heterocycles. The molecular formula is C37H56O6. The van der Waals surface area contributed by atoms with Crippen molar-refractivity contribution in [2.45, 2.75) is 125 Å². The van der Waals surface area contributed by atoms with Crippen molar-refractivity contribution >= 4 is 11.9 Å². The molecule has 0 atom stereocenters. The van der Waals surface area contributed by atoms with E-state index >= 15 is 0 Å². The van der Waals surface area contributed by atoms with Gasteiger partial charge in [-0.1, -0.05) is 121 Å². The number of aromatic hydroxyl groups is 2. The van der Waals surface area contributed by atoms with Crippen LogP contribution in [0.25, 0.3) is 0 Å². The summed E-state index contributed by atoms with van der Waals surface area (Å²) in [5.41, 5.74) is 6.00. The fourth-order valence-corrected chi connectivity index (χ4v) is 3.87. The number of phenolic OH excluding ortho intramolecular Hbond substituents is 2. The maximum atomic E-state index is 11.2. The normalized spacial score (nSPS) is 11.9. The number of hydrogen-bond acceptors (Lipinski definition) is 4. The summed E-state index contributed by atoms with van der Waals surface area (Å²) in [5, 5.41) is 38.3. The molecule has 43 heavy (non-hydrogen) atoms. The maximum Gasteiger partial charge on any atom is 0.330 e. The number of carboxylic acids is 2. The molecule has 6 nitrogen and oxygen atoms in total. The Morgan fingerprint density at radius 2 is 0.791 bits per heavy atom. The fraction of sp³-hybridized carbons (Fsp3) is 0.514. The molecule has 0 saturated heterocycles. The summed E-state index contributed by atoms with van der Waals surface area (Å²) in [5.74, 6) is -1.18. The number of aliphatic carboxylic acids is 2. The van der Waals surface area contributed by atoms with Gasteiger partial charge in [0.1, 0.15) is 11.5 Å². The van der Waals surface area contributed by atoms with Crippen molar-refractivity contribution in [3.63, 3.8) is 0 Å². The molecule has 0 aliphatic carbocycles. The van der Waals surface area contributed by atoms with Crippen LogP contribution in [0.4, 0.5) is 0 Å². The van der Waals surface area contributed by atoms with Crippen LogP contribution in [-0.4, -0.2) is 32.4 Å². The molecule has 0 aliphatic heterocycles. The van der Waals surface area contributed by atoms with Crippen molar-refractivity contribution in [1.82, 2.24) is 0 Å². The minimum Gasteiger partial charge on any atom is -0.507 e. The zero-order valence-electron chi connectivity index (χ0n) is 29.0. The first-order valence-corrected chi connectivity index (χ1v) is 14.5. The van der Waals surface area contributed by atoms with Crippen LogP contribution < -0.4 is 0 Å². The van der Waals surface area contributed by atoms with Crippen LogP contribution in [-0.2, 0) is 37.7 Å². The Hall–Kier alpha value is -3.54. The van der Waals surface area contributed by atoms with Gasteiger partial charge in [0.2, 0.25) is 0 Å². The van der Waals surface area contributed by atoms with Gasteiger partial charge in [0.15, 0.2) is 0 Å². The van der Waals surface area contributed by atoms with Crippen LogP contribution in [0.3, 0.4) is 0 Å². The van der Waals surface area contributed by atoms with Crippen molar-refractivity contribution in [3.8, 4) is 11.5 Å². The molecule has 0 spiro atoms. The highest BCUT2D eigenvalue weighted by atomic mass is 16.4. The summed E-state index contributed by atoms with van der Waals surface area (Å²) in [7, 11) is 0. The molecule has 2 rings (SSSR count). The number of phenols is 2. The van der Waals surface area contributed by atoms with Crippen molar-refractivity contribution in [1.29, 1.82) is 0 Å². The number of hydrogen-bond donors (Lipinski definition) is 4. The number of rotatable bonds is 4. The summed E-state index contributed by atoms with van der Waals surface area (Å²) in [6.07, 6.45) is 0.498. The summed E-state index contributed by atoms with van der Waals surface area (Å²) in [6.45, 7) is 35.2. The maximum absolute atomic E-state index is 11.2. The average Bonchev–Trinajstić information content (AvgIpc) is 2.79. The Morgan fingerprint density at radius 1 is 0.558 bits per heavy atom. The fourth-order valence-electron chi connectivity index (χ4n) is 3.87. The minimum absolute atomic E-state index is 0.0334. The van der Waals surface area contributed by atoms with Gasteiger partial charge in [0, 0.05) is 17.6 Å². The van der Waals surface area contributed by atoms with Gasteiger partial charge in [-0.15, -0.1) is 0 Å². The Labute approximate surface area is 260 Å². The van der Waals surface area contributed by atoms with Gasteiger partial charge in [0.05, 0.1) is 0 Å². The highest BCUT2D eigenvalue weighted by Gasteiger charge is 2.28.